The van der Waals surface area contributed by atoms with Gasteiger partial charge in [0, 0.05) is 36.1 Å². The maximum atomic E-state index is 10.5. The number of ether oxygens (including phenoxy) is 1. The third-order valence-corrected chi connectivity index (χ3v) is 5.11. The van der Waals surface area contributed by atoms with Crippen molar-refractivity contribution in [3.63, 3.8) is 0 Å². The normalized spacial score (nSPS) is 24.9. The van der Waals surface area contributed by atoms with Crippen LogP contribution in [-0.4, -0.2) is 35.2 Å². The van der Waals surface area contributed by atoms with Crippen molar-refractivity contribution in [3.8, 4) is 5.75 Å². The summed E-state index contributed by atoms with van der Waals surface area (Å²) in [7, 11) is 0. The van der Waals surface area contributed by atoms with Gasteiger partial charge in [0.25, 0.3) is 0 Å². The number of hydrogen-bond acceptors (Lipinski definition) is 3. The first-order chi connectivity index (χ1) is 9.97. The minimum absolute atomic E-state index is 0.173. The second kappa shape index (κ2) is 5.90. The van der Waals surface area contributed by atoms with E-state index in [1.54, 1.807) is 0 Å². The molecule has 1 N–H and O–H groups in total. The molecule has 1 aromatic rings. The zero-order valence-electron chi connectivity index (χ0n) is 12.8. The molecule has 1 fully saturated rings. The summed E-state index contributed by atoms with van der Waals surface area (Å²) < 4.78 is 7.32. The highest BCUT2D eigenvalue weighted by Crippen LogP contribution is 2.44. The lowest BCUT2D eigenvalue weighted by molar-refractivity contribution is -0.0551. The molecule has 0 bridgehead atoms. The van der Waals surface area contributed by atoms with Gasteiger partial charge in [-0.25, -0.2) is 0 Å². The Morgan fingerprint density at radius 2 is 2.10 bits per heavy atom. The molecule has 2 aliphatic heterocycles. The van der Waals surface area contributed by atoms with Gasteiger partial charge in [-0.2, -0.15) is 0 Å². The fourth-order valence-electron chi connectivity index (χ4n) is 3.58. The minimum atomic E-state index is -0.414. The number of fused-ring (bicyclic) bond motifs is 1. The largest absolute Gasteiger partial charge is 0.487 e. The number of nitrogens with zero attached hydrogens (tertiary/aromatic N) is 1. The molecule has 1 atom stereocenters. The van der Waals surface area contributed by atoms with Gasteiger partial charge < -0.3 is 14.7 Å². The van der Waals surface area contributed by atoms with E-state index in [9.17, 15) is 5.11 Å². The van der Waals surface area contributed by atoms with Crippen molar-refractivity contribution in [1.82, 2.24) is 4.90 Å². The quantitative estimate of drug-likeness (QED) is 0.878. The molecule has 0 saturated carbocycles. The molecular formula is C17H24BrNO2. The van der Waals surface area contributed by atoms with Crippen LogP contribution in [0.5, 0.6) is 5.75 Å². The summed E-state index contributed by atoms with van der Waals surface area (Å²) in [6.45, 7) is 7.81. The number of rotatable bonds is 2. The fraction of sp³-hybridized carbons (Fsp3) is 0.647. The van der Waals surface area contributed by atoms with Crippen molar-refractivity contribution in [3.05, 3.63) is 28.2 Å². The van der Waals surface area contributed by atoms with Crippen LogP contribution in [-0.2, 0) is 0 Å². The van der Waals surface area contributed by atoms with E-state index in [1.807, 2.05) is 18.2 Å². The lowest BCUT2D eigenvalue weighted by Crippen LogP contribution is -2.51. The number of halogens is 1. The average Bonchev–Trinajstić information content (AvgIpc) is 2.42. The first-order valence-corrected chi connectivity index (χ1v) is 8.66. The van der Waals surface area contributed by atoms with Crippen molar-refractivity contribution in [2.24, 2.45) is 5.92 Å². The SMILES string of the molecule is CC(C)CN1CCC2(CC1)CC(O)c1cc(Br)ccc1O2. The standard InChI is InChI=1S/C17H24BrNO2/c1-12(2)11-19-7-5-17(6-8-19)10-15(20)14-9-13(18)3-4-16(14)21-17/h3-4,9,12,15,20H,5-8,10-11H2,1-2H3. The Morgan fingerprint density at radius 1 is 1.38 bits per heavy atom. The first kappa shape index (κ1) is 15.3. The number of hydrogen-bond donors (Lipinski definition) is 1. The van der Waals surface area contributed by atoms with Gasteiger partial charge in [0.15, 0.2) is 0 Å². The van der Waals surface area contributed by atoms with Gasteiger partial charge in [0.2, 0.25) is 0 Å². The zero-order valence-corrected chi connectivity index (χ0v) is 14.4. The molecule has 3 nitrogen and oxygen atoms in total. The topological polar surface area (TPSA) is 32.7 Å². The summed E-state index contributed by atoms with van der Waals surface area (Å²) >= 11 is 3.46. The van der Waals surface area contributed by atoms with Gasteiger partial charge in [0.05, 0.1) is 6.10 Å². The van der Waals surface area contributed by atoms with Crippen LogP contribution in [0.4, 0.5) is 0 Å². The summed E-state index contributed by atoms with van der Waals surface area (Å²) in [5.41, 5.74) is 0.743. The molecule has 2 aliphatic rings. The van der Waals surface area contributed by atoms with Crippen molar-refractivity contribution in [1.29, 1.82) is 0 Å². The summed E-state index contributed by atoms with van der Waals surface area (Å²) in [6.07, 6.45) is 2.31. The monoisotopic (exact) mass is 353 g/mol. The highest BCUT2D eigenvalue weighted by atomic mass is 79.9. The molecular weight excluding hydrogens is 330 g/mol. The second-order valence-corrected chi connectivity index (χ2v) is 7.80. The highest BCUT2D eigenvalue weighted by molar-refractivity contribution is 9.10. The van der Waals surface area contributed by atoms with Crippen LogP contribution in [0, 0.1) is 5.92 Å². The van der Waals surface area contributed by atoms with E-state index >= 15 is 0 Å². The maximum Gasteiger partial charge on any atom is 0.126 e. The van der Waals surface area contributed by atoms with Gasteiger partial charge in [-0.15, -0.1) is 0 Å². The Morgan fingerprint density at radius 3 is 2.76 bits per heavy atom. The Kier molecular flexibility index (Phi) is 4.30. The van der Waals surface area contributed by atoms with Crippen LogP contribution in [0.25, 0.3) is 0 Å². The van der Waals surface area contributed by atoms with Gasteiger partial charge in [-0.3, -0.25) is 0 Å². The van der Waals surface area contributed by atoms with E-state index < -0.39 is 6.10 Å². The average molecular weight is 354 g/mol. The lowest BCUT2D eigenvalue weighted by Gasteiger charge is -2.46. The van der Waals surface area contributed by atoms with Crippen LogP contribution in [0.1, 0.15) is 44.8 Å². The molecule has 0 amide bonds. The van der Waals surface area contributed by atoms with E-state index in [4.69, 9.17) is 4.74 Å². The van der Waals surface area contributed by atoms with Crippen LogP contribution in [0.2, 0.25) is 0 Å². The molecule has 2 heterocycles. The Bertz CT molecular complexity index is 510. The molecule has 1 spiro atoms. The van der Waals surface area contributed by atoms with E-state index in [-0.39, 0.29) is 5.60 Å². The van der Waals surface area contributed by atoms with Gasteiger partial charge in [0.1, 0.15) is 11.4 Å². The van der Waals surface area contributed by atoms with E-state index in [2.05, 4.69) is 34.7 Å². The predicted molar refractivity (Wildman–Crippen MR) is 87.6 cm³/mol. The molecule has 116 valence electrons. The third kappa shape index (κ3) is 3.27. The molecule has 0 aromatic heterocycles. The van der Waals surface area contributed by atoms with Crippen molar-refractivity contribution in [2.75, 3.05) is 19.6 Å². The lowest BCUT2D eigenvalue weighted by atomic mass is 9.81. The Balaban J connectivity index is 1.73. The molecule has 1 aromatic carbocycles. The van der Waals surface area contributed by atoms with Gasteiger partial charge in [-0.05, 0) is 37.0 Å². The number of aliphatic hydroxyl groups is 1. The van der Waals surface area contributed by atoms with Gasteiger partial charge in [-0.1, -0.05) is 29.8 Å². The third-order valence-electron chi connectivity index (χ3n) is 4.61. The van der Waals surface area contributed by atoms with E-state index in [0.717, 1.165) is 48.3 Å². The van der Waals surface area contributed by atoms with Gasteiger partial charge >= 0.3 is 0 Å². The molecule has 0 radical (unpaired) electrons. The van der Waals surface area contributed by atoms with Crippen molar-refractivity contribution in [2.45, 2.75) is 44.8 Å². The van der Waals surface area contributed by atoms with Crippen LogP contribution < -0.4 is 4.74 Å². The highest BCUT2D eigenvalue weighted by Gasteiger charge is 2.42. The number of likely N-dealkylation sites (tertiary alicyclic amines) is 1. The predicted octanol–water partition coefficient (Wildman–Crippen LogP) is 3.76. The molecule has 4 heteroatoms. The summed E-state index contributed by atoms with van der Waals surface area (Å²) in [4.78, 5) is 2.52. The Labute approximate surface area is 135 Å². The molecule has 1 unspecified atom stereocenters. The summed E-state index contributed by atoms with van der Waals surface area (Å²) in [5.74, 6) is 1.56. The van der Waals surface area contributed by atoms with E-state index in [0.29, 0.717) is 12.3 Å². The number of benzene rings is 1. The number of aliphatic hydroxyl groups excluding tert-OH is 1. The van der Waals surface area contributed by atoms with Crippen LogP contribution >= 0.6 is 15.9 Å². The molecule has 1 saturated heterocycles. The first-order valence-electron chi connectivity index (χ1n) is 7.86. The minimum Gasteiger partial charge on any atom is -0.487 e. The summed E-state index contributed by atoms with van der Waals surface area (Å²) in [5, 5.41) is 10.5. The molecule has 21 heavy (non-hydrogen) atoms. The van der Waals surface area contributed by atoms with E-state index in [1.165, 1.54) is 0 Å². The van der Waals surface area contributed by atoms with Crippen molar-refractivity contribution >= 4 is 15.9 Å². The molecule has 0 aliphatic carbocycles. The maximum absolute atomic E-state index is 10.5. The Hall–Kier alpha value is -0.580. The second-order valence-electron chi connectivity index (χ2n) is 6.88. The smallest absolute Gasteiger partial charge is 0.126 e. The zero-order chi connectivity index (χ0) is 15.0. The summed E-state index contributed by atoms with van der Waals surface area (Å²) in [6, 6.07) is 5.93. The van der Waals surface area contributed by atoms with Crippen LogP contribution in [0.15, 0.2) is 22.7 Å². The molecule has 3 rings (SSSR count). The van der Waals surface area contributed by atoms with Crippen molar-refractivity contribution < 1.29 is 9.84 Å². The number of piperidine rings is 1. The fourth-order valence-corrected chi connectivity index (χ4v) is 3.95. The van der Waals surface area contributed by atoms with Crippen LogP contribution in [0.3, 0.4) is 0 Å².